The van der Waals surface area contributed by atoms with Gasteiger partial charge in [0.25, 0.3) is 5.91 Å². The van der Waals surface area contributed by atoms with Crippen molar-refractivity contribution in [1.29, 1.82) is 0 Å². The molecule has 0 atom stereocenters. The van der Waals surface area contributed by atoms with Crippen molar-refractivity contribution in [2.45, 2.75) is 30.8 Å². The Morgan fingerprint density at radius 2 is 1.85 bits per heavy atom. The fourth-order valence-corrected chi connectivity index (χ4v) is 6.27. The number of nitrogens with zero attached hydrogens (tertiary/aromatic N) is 1. The lowest BCUT2D eigenvalue weighted by atomic mass is 9.97. The SMILES string of the molecule is CCNCC1CCN(C(=O)COc2ccc(C3SCCCS3)cc2)CC1.Cl. The quantitative estimate of drug-likeness (QED) is 0.701. The highest BCUT2D eigenvalue weighted by molar-refractivity contribution is 8.16. The van der Waals surface area contributed by atoms with E-state index in [4.69, 9.17) is 4.74 Å². The second kappa shape index (κ2) is 12.1. The summed E-state index contributed by atoms with van der Waals surface area (Å²) >= 11 is 4.04. The van der Waals surface area contributed by atoms with E-state index in [-0.39, 0.29) is 24.9 Å². The van der Waals surface area contributed by atoms with Gasteiger partial charge in [0.05, 0.1) is 4.58 Å². The van der Waals surface area contributed by atoms with Crippen molar-refractivity contribution < 1.29 is 9.53 Å². The highest BCUT2D eigenvalue weighted by Gasteiger charge is 2.22. The summed E-state index contributed by atoms with van der Waals surface area (Å²) in [6.07, 6.45) is 3.48. The average Bonchev–Trinajstić information content (AvgIpc) is 2.72. The zero-order chi connectivity index (χ0) is 18.2. The first-order valence-corrected chi connectivity index (χ1v) is 11.8. The lowest BCUT2D eigenvalue weighted by molar-refractivity contribution is -0.134. The van der Waals surface area contributed by atoms with Crippen LogP contribution < -0.4 is 10.1 Å². The minimum Gasteiger partial charge on any atom is -0.484 e. The molecular formula is C20H31ClN2O2S2. The monoisotopic (exact) mass is 430 g/mol. The minimum atomic E-state index is 0. The fourth-order valence-electron chi connectivity index (χ4n) is 3.37. The van der Waals surface area contributed by atoms with Crippen molar-refractivity contribution in [3.05, 3.63) is 29.8 Å². The molecular weight excluding hydrogens is 400 g/mol. The van der Waals surface area contributed by atoms with Crippen molar-refractivity contribution in [2.75, 3.05) is 44.3 Å². The van der Waals surface area contributed by atoms with Gasteiger partial charge in [0.1, 0.15) is 5.75 Å². The molecule has 1 aromatic carbocycles. The number of piperidine rings is 1. The summed E-state index contributed by atoms with van der Waals surface area (Å²) in [5, 5.41) is 3.41. The smallest absolute Gasteiger partial charge is 0.260 e. The largest absolute Gasteiger partial charge is 0.484 e. The van der Waals surface area contributed by atoms with Gasteiger partial charge in [-0.05, 0) is 67.5 Å². The van der Waals surface area contributed by atoms with E-state index in [1.165, 1.54) is 23.5 Å². The van der Waals surface area contributed by atoms with Crippen LogP contribution in [-0.2, 0) is 4.79 Å². The van der Waals surface area contributed by atoms with E-state index in [2.05, 4.69) is 24.4 Å². The Balaban J connectivity index is 0.00000261. The number of hydrogen-bond donors (Lipinski definition) is 1. The molecule has 4 nitrogen and oxygen atoms in total. The molecule has 3 rings (SSSR count). The van der Waals surface area contributed by atoms with Crippen LogP contribution in [0.15, 0.2) is 24.3 Å². The van der Waals surface area contributed by atoms with Crippen LogP contribution >= 0.6 is 35.9 Å². The first kappa shape index (κ1) is 22.7. The van der Waals surface area contributed by atoms with Gasteiger partial charge in [0, 0.05) is 13.1 Å². The molecule has 0 bridgehead atoms. The molecule has 2 aliphatic heterocycles. The molecule has 0 aliphatic carbocycles. The van der Waals surface area contributed by atoms with Gasteiger partial charge < -0.3 is 15.0 Å². The van der Waals surface area contributed by atoms with Gasteiger partial charge in [0.15, 0.2) is 6.61 Å². The Kier molecular flexibility index (Phi) is 10.2. The molecule has 2 aliphatic rings. The van der Waals surface area contributed by atoms with Crippen molar-refractivity contribution in [1.82, 2.24) is 10.2 Å². The molecule has 2 heterocycles. The third kappa shape index (κ3) is 7.08. The molecule has 0 aromatic heterocycles. The van der Waals surface area contributed by atoms with Gasteiger partial charge >= 0.3 is 0 Å². The van der Waals surface area contributed by atoms with Gasteiger partial charge in [-0.25, -0.2) is 0 Å². The maximum absolute atomic E-state index is 12.4. The summed E-state index contributed by atoms with van der Waals surface area (Å²) in [6.45, 7) is 6.07. The average molecular weight is 431 g/mol. The maximum Gasteiger partial charge on any atom is 0.260 e. The lowest BCUT2D eigenvalue weighted by Gasteiger charge is -2.32. The van der Waals surface area contributed by atoms with E-state index in [0.717, 1.165) is 44.8 Å². The number of benzene rings is 1. The number of rotatable bonds is 7. The van der Waals surface area contributed by atoms with Crippen molar-refractivity contribution in [3.63, 3.8) is 0 Å². The second-order valence-electron chi connectivity index (χ2n) is 6.92. The normalized spacial score (nSPS) is 18.8. The number of halogens is 1. The third-order valence-electron chi connectivity index (χ3n) is 4.99. The molecule has 27 heavy (non-hydrogen) atoms. The van der Waals surface area contributed by atoms with E-state index >= 15 is 0 Å². The highest BCUT2D eigenvalue weighted by Crippen LogP contribution is 2.43. The molecule has 1 N–H and O–H groups in total. The third-order valence-corrected chi connectivity index (χ3v) is 8.01. The van der Waals surface area contributed by atoms with Gasteiger partial charge in [-0.15, -0.1) is 35.9 Å². The zero-order valence-corrected chi connectivity index (χ0v) is 18.5. The Labute approximate surface area is 178 Å². The van der Waals surface area contributed by atoms with Crippen LogP contribution in [0.4, 0.5) is 0 Å². The van der Waals surface area contributed by atoms with E-state index < -0.39 is 0 Å². The van der Waals surface area contributed by atoms with Gasteiger partial charge in [0.2, 0.25) is 0 Å². The molecule has 0 unspecified atom stereocenters. The summed E-state index contributed by atoms with van der Waals surface area (Å²) in [5.74, 6) is 4.08. The summed E-state index contributed by atoms with van der Waals surface area (Å²) in [5.41, 5.74) is 1.35. The second-order valence-corrected chi connectivity index (χ2v) is 9.64. The van der Waals surface area contributed by atoms with Gasteiger partial charge in [-0.2, -0.15) is 0 Å². The van der Waals surface area contributed by atoms with Crippen LogP contribution in [0, 0.1) is 5.92 Å². The fraction of sp³-hybridized carbons (Fsp3) is 0.650. The number of nitrogens with one attached hydrogen (secondary N) is 1. The van der Waals surface area contributed by atoms with Crippen LogP contribution in [0.2, 0.25) is 0 Å². The van der Waals surface area contributed by atoms with Gasteiger partial charge in [-0.3, -0.25) is 4.79 Å². The number of ether oxygens (including phenoxy) is 1. The number of carbonyl (C=O) groups is 1. The number of amides is 1. The first-order valence-electron chi connectivity index (χ1n) is 9.70. The Bertz CT molecular complexity index is 560. The van der Waals surface area contributed by atoms with Crippen molar-refractivity contribution in [3.8, 4) is 5.75 Å². The maximum atomic E-state index is 12.4. The Hall–Kier alpha value is -0.560. The molecule has 2 fully saturated rings. The number of carbonyl (C=O) groups excluding carboxylic acids is 1. The highest BCUT2D eigenvalue weighted by atomic mass is 35.5. The van der Waals surface area contributed by atoms with E-state index in [9.17, 15) is 4.79 Å². The standard InChI is InChI=1S/C20H30N2O2S2.ClH/c1-2-21-14-16-8-10-22(11-9-16)19(23)15-24-18-6-4-17(5-7-18)20-25-12-3-13-26-20;/h4-7,16,20-21H,2-3,8-15H2,1H3;1H. The molecule has 0 radical (unpaired) electrons. The predicted molar refractivity (Wildman–Crippen MR) is 119 cm³/mol. The van der Waals surface area contributed by atoms with Gasteiger partial charge in [-0.1, -0.05) is 19.1 Å². The Morgan fingerprint density at radius 1 is 1.19 bits per heavy atom. The molecule has 2 saturated heterocycles. The summed E-state index contributed by atoms with van der Waals surface area (Å²) in [4.78, 5) is 14.3. The molecule has 1 amide bonds. The Morgan fingerprint density at radius 3 is 2.48 bits per heavy atom. The first-order chi connectivity index (χ1) is 12.8. The van der Waals surface area contributed by atoms with E-state index in [0.29, 0.717) is 10.5 Å². The molecule has 152 valence electrons. The minimum absolute atomic E-state index is 0. The molecule has 0 spiro atoms. The van der Waals surface area contributed by atoms with E-state index in [1.807, 2.05) is 40.6 Å². The zero-order valence-electron chi connectivity index (χ0n) is 16.0. The van der Waals surface area contributed by atoms with Crippen LogP contribution in [0.1, 0.15) is 36.3 Å². The molecule has 0 saturated carbocycles. The van der Waals surface area contributed by atoms with Crippen LogP contribution in [0.25, 0.3) is 0 Å². The molecule has 1 aromatic rings. The predicted octanol–water partition coefficient (Wildman–Crippen LogP) is 4.20. The topological polar surface area (TPSA) is 41.6 Å². The lowest BCUT2D eigenvalue weighted by Crippen LogP contribution is -2.42. The van der Waals surface area contributed by atoms with Crippen LogP contribution in [0.5, 0.6) is 5.75 Å². The number of likely N-dealkylation sites (tertiary alicyclic amines) is 1. The number of hydrogen-bond acceptors (Lipinski definition) is 5. The summed E-state index contributed by atoms with van der Waals surface area (Å²) < 4.78 is 6.28. The summed E-state index contributed by atoms with van der Waals surface area (Å²) in [7, 11) is 0. The van der Waals surface area contributed by atoms with Crippen molar-refractivity contribution >= 4 is 41.8 Å². The van der Waals surface area contributed by atoms with Crippen LogP contribution in [-0.4, -0.2) is 55.1 Å². The summed E-state index contributed by atoms with van der Waals surface area (Å²) in [6, 6.07) is 8.28. The van der Waals surface area contributed by atoms with E-state index in [1.54, 1.807) is 0 Å². The van der Waals surface area contributed by atoms with Crippen LogP contribution in [0.3, 0.4) is 0 Å². The number of thioether (sulfide) groups is 2. The van der Waals surface area contributed by atoms with Crippen molar-refractivity contribution in [2.24, 2.45) is 5.92 Å². The molecule has 7 heteroatoms.